The minimum atomic E-state index is -4.08. The van der Waals surface area contributed by atoms with Gasteiger partial charge in [-0.1, -0.05) is 18.2 Å². The first kappa shape index (κ1) is 20.2. The SMILES string of the molecule is O=C(Nc1ccc(F)c(S(=O)(=O)N2CCOCC2)c1)c1cc2ccccc2c(=O)[nH]1. The summed E-state index contributed by atoms with van der Waals surface area (Å²) < 4.78 is 46.1. The van der Waals surface area contributed by atoms with Gasteiger partial charge in [-0.15, -0.1) is 0 Å². The van der Waals surface area contributed by atoms with E-state index in [-0.39, 0.29) is 37.7 Å². The fourth-order valence-corrected chi connectivity index (χ4v) is 4.73. The Morgan fingerprint density at radius 3 is 2.60 bits per heavy atom. The fraction of sp³-hybridized carbons (Fsp3) is 0.200. The first-order valence-corrected chi connectivity index (χ1v) is 10.6. The van der Waals surface area contributed by atoms with Crippen LogP contribution in [-0.4, -0.2) is 49.9 Å². The first-order chi connectivity index (χ1) is 14.4. The number of nitrogens with zero attached hydrogens (tertiary/aromatic N) is 1. The largest absolute Gasteiger partial charge is 0.379 e. The van der Waals surface area contributed by atoms with Crippen molar-refractivity contribution in [3.8, 4) is 0 Å². The lowest BCUT2D eigenvalue weighted by Crippen LogP contribution is -2.40. The van der Waals surface area contributed by atoms with Crippen molar-refractivity contribution in [1.29, 1.82) is 0 Å². The second-order valence-electron chi connectivity index (χ2n) is 6.72. The molecule has 156 valence electrons. The Bertz CT molecular complexity index is 1280. The molecular weight excluding hydrogens is 413 g/mol. The number of amides is 1. The standard InChI is InChI=1S/C20H18FN3O5S/c21-16-6-5-14(12-18(16)30(27,28)24-7-9-29-10-8-24)22-20(26)17-11-13-3-1-2-4-15(13)19(25)23-17/h1-6,11-12H,7-10H2,(H,22,26)(H,23,25). The van der Waals surface area contributed by atoms with Crippen LogP contribution >= 0.6 is 0 Å². The molecule has 3 aromatic rings. The van der Waals surface area contributed by atoms with E-state index in [0.29, 0.717) is 10.8 Å². The zero-order valence-electron chi connectivity index (χ0n) is 15.7. The Morgan fingerprint density at radius 2 is 1.83 bits per heavy atom. The Labute approximate surface area is 171 Å². The molecule has 0 spiro atoms. The normalized spacial score (nSPS) is 15.2. The molecule has 1 aromatic heterocycles. The number of carbonyl (C=O) groups excluding carboxylic acids is 1. The summed E-state index contributed by atoms with van der Waals surface area (Å²) in [4.78, 5) is 26.8. The summed E-state index contributed by atoms with van der Waals surface area (Å²) in [5, 5.41) is 3.53. The number of aromatic nitrogens is 1. The van der Waals surface area contributed by atoms with Gasteiger partial charge in [0.05, 0.1) is 13.2 Å². The minimum Gasteiger partial charge on any atom is -0.379 e. The maximum Gasteiger partial charge on any atom is 0.272 e. The van der Waals surface area contributed by atoms with Gasteiger partial charge < -0.3 is 15.0 Å². The van der Waals surface area contributed by atoms with Crippen LogP contribution in [0.25, 0.3) is 10.8 Å². The molecule has 2 heterocycles. The van der Waals surface area contributed by atoms with Crippen molar-refractivity contribution in [2.24, 2.45) is 0 Å². The van der Waals surface area contributed by atoms with Gasteiger partial charge in [-0.25, -0.2) is 12.8 Å². The number of aromatic amines is 1. The maximum absolute atomic E-state index is 14.3. The molecule has 1 fully saturated rings. The van der Waals surface area contributed by atoms with Crippen LogP contribution in [-0.2, 0) is 14.8 Å². The number of pyridine rings is 1. The van der Waals surface area contributed by atoms with E-state index in [0.717, 1.165) is 16.4 Å². The Kier molecular flexibility index (Phi) is 5.37. The number of fused-ring (bicyclic) bond motifs is 1. The topological polar surface area (TPSA) is 109 Å². The lowest BCUT2D eigenvalue weighted by atomic mass is 10.1. The number of hydrogen-bond donors (Lipinski definition) is 2. The summed E-state index contributed by atoms with van der Waals surface area (Å²) in [6, 6.07) is 11.6. The van der Waals surface area contributed by atoms with E-state index >= 15 is 0 Å². The Balaban J connectivity index is 1.63. The third-order valence-electron chi connectivity index (χ3n) is 4.78. The third kappa shape index (κ3) is 3.84. The first-order valence-electron chi connectivity index (χ1n) is 9.17. The molecule has 1 saturated heterocycles. The third-order valence-corrected chi connectivity index (χ3v) is 6.69. The van der Waals surface area contributed by atoms with Gasteiger partial charge in [0.25, 0.3) is 11.5 Å². The summed E-state index contributed by atoms with van der Waals surface area (Å²) in [5.74, 6) is -1.57. The summed E-state index contributed by atoms with van der Waals surface area (Å²) >= 11 is 0. The molecular formula is C20H18FN3O5S. The predicted molar refractivity (Wildman–Crippen MR) is 108 cm³/mol. The molecule has 1 aliphatic heterocycles. The average molecular weight is 431 g/mol. The smallest absolute Gasteiger partial charge is 0.272 e. The molecule has 4 rings (SSSR count). The van der Waals surface area contributed by atoms with Crippen LogP contribution in [0.15, 0.2) is 58.2 Å². The zero-order chi connectivity index (χ0) is 21.3. The van der Waals surface area contributed by atoms with Crippen LogP contribution in [0.3, 0.4) is 0 Å². The number of hydrogen-bond acceptors (Lipinski definition) is 5. The molecule has 10 heteroatoms. The minimum absolute atomic E-state index is 0.000566. The number of nitrogens with one attached hydrogen (secondary N) is 2. The van der Waals surface area contributed by atoms with E-state index in [1.165, 1.54) is 12.1 Å². The molecule has 0 unspecified atom stereocenters. The van der Waals surface area contributed by atoms with Gasteiger partial charge in [0.2, 0.25) is 10.0 Å². The average Bonchev–Trinajstić information content (AvgIpc) is 2.75. The van der Waals surface area contributed by atoms with Gasteiger partial charge in [-0.3, -0.25) is 9.59 Å². The lowest BCUT2D eigenvalue weighted by Gasteiger charge is -2.26. The highest BCUT2D eigenvalue weighted by Gasteiger charge is 2.29. The highest BCUT2D eigenvalue weighted by molar-refractivity contribution is 7.89. The fourth-order valence-electron chi connectivity index (χ4n) is 3.24. The monoisotopic (exact) mass is 431 g/mol. The maximum atomic E-state index is 14.3. The summed E-state index contributed by atoms with van der Waals surface area (Å²) in [6.07, 6.45) is 0. The lowest BCUT2D eigenvalue weighted by molar-refractivity contribution is 0.0729. The van der Waals surface area contributed by atoms with E-state index in [1.807, 2.05) is 0 Å². The molecule has 0 radical (unpaired) electrons. The molecule has 0 saturated carbocycles. The number of rotatable bonds is 4. The van der Waals surface area contributed by atoms with E-state index in [9.17, 15) is 22.4 Å². The molecule has 2 aromatic carbocycles. The van der Waals surface area contributed by atoms with Crippen molar-refractivity contribution >= 4 is 32.4 Å². The van der Waals surface area contributed by atoms with Gasteiger partial charge in [-0.2, -0.15) is 4.31 Å². The summed E-state index contributed by atoms with van der Waals surface area (Å²) in [6.45, 7) is 0.701. The molecule has 8 nitrogen and oxygen atoms in total. The van der Waals surface area contributed by atoms with E-state index < -0.39 is 32.2 Å². The van der Waals surface area contributed by atoms with Crippen molar-refractivity contribution in [2.75, 3.05) is 31.6 Å². The van der Waals surface area contributed by atoms with Crippen LogP contribution in [0.5, 0.6) is 0 Å². The van der Waals surface area contributed by atoms with Crippen LogP contribution in [0.2, 0.25) is 0 Å². The Morgan fingerprint density at radius 1 is 1.10 bits per heavy atom. The number of sulfonamides is 1. The number of anilines is 1. The van der Waals surface area contributed by atoms with Crippen LogP contribution < -0.4 is 10.9 Å². The van der Waals surface area contributed by atoms with Gasteiger partial charge in [0.1, 0.15) is 16.4 Å². The number of morpholine rings is 1. The molecule has 2 N–H and O–H groups in total. The molecule has 0 atom stereocenters. The second-order valence-corrected chi connectivity index (χ2v) is 8.62. The van der Waals surface area contributed by atoms with E-state index in [2.05, 4.69) is 10.3 Å². The van der Waals surface area contributed by atoms with Crippen molar-refractivity contribution in [3.63, 3.8) is 0 Å². The molecule has 0 aliphatic carbocycles. The molecule has 1 amide bonds. The summed E-state index contributed by atoms with van der Waals surface area (Å²) in [5.41, 5.74) is -0.337. The molecule has 0 bridgehead atoms. The predicted octanol–water partition coefficient (Wildman–Crippen LogP) is 1.94. The van der Waals surface area contributed by atoms with E-state index in [1.54, 1.807) is 24.3 Å². The van der Waals surface area contributed by atoms with Crippen molar-refractivity contribution in [2.45, 2.75) is 4.90 Å². The zero-order valence-corrected chi connectivity index (χ0v) is 16.5. The number of benzene rings is 2. The van der Waals surface area contributed by atoms with Crippen molar-refractivity contribution in [1.82, 2.24) is 9.29 Å². The van der Waals surface area contributed by atoms with E-state index in [4.69, 9.17) is 4.74 Å². The van der Waals surface area contributed by atoms with Gasteiger partial charge in [-0.05, 0) is 35.7 Å². The molecule has 1 aliphatic rings. The Hall–Kier alpha value is -3.08. The number of ether oxygens (including phenoxy) is 1. The van der Waals surface area contributed by atoms with Gasteiger partial charge in [0.15, 0.2) is 0 Å². The van der Waals surface area contributed by atoms with Gasteiger partial charge in [0, 0.05) is 24.2 Å². The van der Waals surface area contributed by atoms with Crippen molar-refractivity contribution < 1.29 is 22.3 Å². The second kappa shape index (κ2) is 7.98. The molecule has 30 heavy (non-hydrogen) atoms. The van der Waals surface area contributed by atoms with Crippen molar-refractivity contribution in [3.05, 3.63) is 70.4 Å². The highest BCUT2D eigenvalue weighted by atomic mass is 32.2. The van der Waals surface area contributed by atoms with Crippen LogP contribution in [0.4, 0.5) is 10.1 Å². The quantitative estimate of drug-likeness (QED) is 0.656. The van der Waals surface area contributed by atoms with Crippen LogP contribution in [0, 0.1) is 5.82 Å². The summed E-state index contributed by atoms with van der Waals surface area (Å²) in [7, 11) is -4.08. The number of H-pyrrole nitrogens is 1. The number of carbonyl (C=O) groups is 1. The number of halogens is 1. The highest BCUT2D eigenvalue weighted by Crippen LogP contribution is 2.24. The van der Waals surface area contributed by atoms with Gasteiger partial charge >= 0.3 is 0 Å². The van der Waals surface area contributed by atoms with Crippen LogP contribution in [0.1, 0.15) is 10.5 Å².